The Kier molecular flexibility index (Phi) is 6.53. The van der Waals surface area contributed by atoms with Crippen LogP contribution in [0.4, 0.5) is 11.4 Å². The van der Waals surface area contributed by atoms with Gasteiger partial charge in [0.25, 0.3) is 5.91 Å². The molecule has 0 saturated carbocycles. The number of benzene rings is 2. The zero-order valence-electron chi connectivity index (χ0n) is 17.3. The number of amides is 1. The van der Waals surface area contributed by atoms with E-state index in [1.807, 2.05) is 31.2 Å². The molecule has 0 saturated heterocycles. The van der Waals surface area contributed by atoms with E-state index in [1.165, 1.54) is 0 Å². The molecule has 1 amide bonds. The summed E-state index contributed by atoms with van der Waals surface area (Å²) in [4.78, 5) is 21.7. The van der Waals surface area contributed by atoms with Crippen molar-refractivity contribution in [2.45, 2.75) is 19.4 Å². The Hall–Kier alpha value is -3.62. The number of aromatic nitrogens is 2. The van der Waals surface area contributed by atoms with E-state index in [1.54, 1.807) is 61.1 Å². The number of hydrogen-bond acceptors (Lipinski definition) is 5. The molecule has 8 heteroatoms. The third-order valence-corrected chi connectivity index (χ3v) is 5.84. The molecule has 2 aromatic carbocycles. The number of carbonyl (C=O) groups excluding carboxylic acids is 1. The minimum Gasteiger partial charge on any atom is -0.755 e. The number of nitrogens with zero attached hydrogens (tertiary/aromatic N) is 3. The molecule has 0 aliphatic rings. The summed E-state index contributed by atoms with van der Waals surface area (Å²) in [7, 11) is 0. The third kappa shape index (κ3) is 4.37. The van der Waals surface area contributed by atoms with Crippen LogP contribution in [0.25, 0.3) is 10.9 Å². The summed E-state index contributed by atoms with van der Waals surface area (Å²) in [5, 5.41) is 3.80. The first-order chi connectivity index (χ1) is 15.6. The Morgan fingerprint density at radius 2 is 1.78 bits per heavy atom. The van der Waals surface area contributed by atoms with Gasteiger partial charge in [0.15, 0.2) is 0 Å². The van der Waals surface area contributed by atoms with Gasteiger partial charge in [-0.1, -0.05) is 43.3 Å². The fourth-order valence-corrected chi connectivity index (χ4v) is 4.25. The van der Waals surface area contributed by atoms with E-state index in [9.17, 15) is 13.6 Å². The molecule has 7 nitrogen and oxygen atoms in total. The predicted molar refractivity (Wildman–Crippen MR) is 124 cm³/mol. The summed E-state index contributed by atoms with van der Waals surface area (Å²) in [6.45, 7) is 1.96. The molecule has 0 fully saturated rings. The monoisotopic (exact) mass is 445 g/mol. The van der Waals surface area contributed by atoms with E-state index in [0.29, 0.717) is 17.6 Å². The molecule has 162 valence electrons. The molecule has 4 aromatic rings. The van der Waals surface area contributed by atoms with Crippen molar-refractivity contribution in [3.8, 4) is 0 Å². The Labute approximate surface area is 188 Å². The van der Waals surface area contributed by atoms with Gasteiger partial charge in [0.2, 0.25) is 0 Å². The van der Waals surface area contributed by atoms with Gasteiger partial charge in [-0.2, -0.15) is 0 Å². The van der Waals surface area contributed by atoms with Gasteiger partial charge in [-0.05, 0) is 42.3 Å². The maximum atomic E-state index is 13.3. The molecule has 1 N–H and O–H groups in total. The highest BCUT2D eigenvalue weighted by atomic mass is 32.2. The summed E-state index contributed by atoms with van der Waals surface area (Å²) in [6.07, 6.45) is 5.65. The second-order valence-electron chi connectivity index (χ2n) is 7.10. The number of rotatable bonds is 7. The summed E-state index contributed by atoms with van der Waals surface area (Å²) in [5.74, 6) is -0.375. The Morgan fingerprint density at radius 1 is 1.03 bits per heavy atom. The van der Waals surface area contributed by atoms with Crippen molar-refractivity contribution in [3.63, 3.8) is 0 Å². The first-order valence-corrected chi connectivity index (χ1v) is 11.2. The summed E-state index contributed by atoms with van der Waals surface area (Å²) in [5.41, 5.74) is 2.26. The van der Waals surface area contributed by atoms with Crippen molar-refractivity contribution < 1.29 is 13.6 Å². The molecular weight excluding hydrogens is 424 g/mol. The molecule has 0 aliphatic carbocycles. The lowest BCUT2D eigenvalue weighted by atomic mass is 10.1. The molecule has 2 unspecified atom stereocenters. The predicted octanol–water partition coefficient (Wildman–Crippen LogP) is 4.44. The van der Waals surface area contributed by atoms with E-state index in [0.717, 1.165) is 15.3 Å². The number of hydrogen-bond donors (Lipinski definition) is 1. The highest BCUT2D eigenvalue weighted by Gasteiger charge is 2.22. The number of nitrogens with one attached hydrogen (secondary N) is 1. The van der Waals surface area contributed by atoms with Crippen LogP contribution < -0.4 is 9.62 Å². The molecule has 32 heavy (non-hydrogen) atoms. The Morgan fingerprint density at radius 3 is 2.53 bits per heavy atom. The lowest BCUT2D eigenvalue weighted by molar-refractivity contribution is 0.0936. The van der Waals surface area contributed by atoms with Gasteiger partial charge in [0.1, 0.15) is 0 Å². The molecule has 2 aromatic heterocycles. The standard InChI is InChI=1S/C24H22N4O3S/c1-2-20(18-10-6-14-25-16-18)27-24(29)19-11-3-4-12-21(19)28(32(30)31)22-13-5-8-17-9-7-15-26-23(17)22/h3-16,20H,2H2,1H3,(H,27,29)(H,30,31)/p-1. The zero-order valence-corrected chi connectivity index (χ0v) is 18.2. The maximum Gasteiger partial charge on any atom is 0.253 e. The number of anilines is 2. The highest BCUT2D eigenvalue weighted by Crippen LogP contribution is 2.34. The van der Waals surface area contributed by atoms with Crippen molar-refractivity contribution in [1.82, 2.24) is 15.3 Å². The Bertz CT molecular complexity index is 1260. The molecule has 0 radical (unpaired) electrons. The Balaban J connectivity index is 1.76. The van der Waals surface area contributed by atoms with Crippen LogP contribution in [-0.2, 0) is 11.3 Å². The van der Waals surface area contributed by atoms with Gasteiger partial charge in [-0.25, -0.2) is 0 Å². The van der Waals surface area contributed by atoms with Crippen LogP contribution in [-0.4, -0.2) is 24.6 Å². The average molecular weight is 446 g/mol. The van der Waals surface area contributed by atoms with Crippen molar-refractivity contribution >= 4 is 39.5 Å². The van der Waals surface area contributed by atoms with Crippen LogP contribution in [0.2, 0.25) is 0 Å². The average Bonchev–Trinajstić information content (AvgIpc) is 2.83. The lowest BCUT2D eigenvalue weighted by Gasteiger charge is -2.29. The van der Waals surface area contributed by atoms with Gasteiger partial charge in [-0.15, -0.1) is 0 Å². The van der Waals surface area contributed by atoms with Crippen LogP contribution in [0.15, 0.2) is 85.3 Å². The van der Waals surface area contributed by atoms with Crippen LogP contribution >= 0.6 is 0 Å². The second-order valence-corrected chi connectivity index (χ2v) is 7.90. The van der Waals surface area contributed by atoms with Crippen molar-refractivity contribution in [3.05, 3.63) is 96.4 Å². The van der Waals surface area contributed by atoms with E-state index >= 15 is 0 Å². The normalized spacial score (nSPS) is 12.8. The fraction of sp³-hybridized carbons (Fsp3) is 0.125. The minimum absolute atomic E-state index is 0.243. The van der Waals surface area contributed by atoms with E-state index < -0.39 is 11.3 Å². The number of fused-ring (bicyclic) bond motifs is 1. The number of pyridine rings is 2. The van der Waals surface area contributed by atoms with E-state index in [-0.39, 0.29) is 23.2 Å². The molecule has 2 atom stereocenters. The summed E-state index contributed by atoms with van der Waals surface area (Å²) in [6, 6.07) is 19.0. The molecule has 2 heterocycles. The molecule has 4 rings (SSSR count). The molecule has 0 aliphatic heterocycles. The van der Waals surface area contributed by atoms with Crippen LogP contribution in [0.3, 0.4) is 0 Å². The second kappa shape index (κ2) is 9.67. The lowest BCUT2D eigenvalue weighted by Crippen LogP contribution is -2.30. The SMILES string of the molecule is CCC(NC(=O)c1ccccc1N(c1cccc2cccnc12)S(=O)[O-])c1cccnc1. The zero-order chi connectivity index (χ0) is 22.5. The van der Waals surface area contributed by atoms with Crippen LogP contribution in [0.1, 0.15) is 35.3 Å². The topological polar surface area (TPSA) is 98.2 Å². The van der Waals surface area contributed by atoms with E-state index in [2.05, 4.69) is 15.3 Å². The molecular formula is C24H21N4O3S-. The van der Waals surface area contributed by atoms with Gasteiger partial charge >= 0.3 is 0 Å². The number of para-hydroxylation sites is 2. The van der Waals surface area contributed by atoms with Gasteiger partial charge < -0.3 is 9.87 Å². The largest absolute Gasteiger partial charge is 0.755 e. The first-order valence-electron chi connectivity index (χ1n) is 10.1. The highest BCUT2D eigenvalue weighted by molar-refractivity contribution is 7.81. The quantitative estimate of drug-likeness (QED) is 0.424. The van der Waals surface area contributed by atoms with Crippen LogP contribution in [0.5, 0.6) is 0 Å². The van der Waals surface area contributed by atoms with E-state index in [4.69, 9.17) is 0 Å². The third-order valence-electron chi connectivity index (χ3n) is 5.15. The van der Waals surface area contributed by atoms with Crippen molar-refractivity contribution in [1.29, 1.82) is 0 Å². The van der Waals surface area contributed by atoms with Gasteiger partial charge in [0, 0.05) is 24.0 Å². The van der Waals surface area contributed by atoms with Gasteiger partial charge in [-0.3, -0.25) is 23.3 Å². The molecule has 0 spiro atoms. The minimum atomic E-state index is -2.69. The fourth-order valence-electron chi connectivity index (χ4n) is 3.62. The molecule has 0 bridgehead atoms. The summed E-state index contributed by atoms with van der Waals surface area (Å²) >= 11 is -2.69. The smallest absolute Gasteiger partial charge is 0.253 e. The van der Waals surface area contributed by atoms with Gasteiger partial charge in [0.05, 0.1) is 39.8 Å². The first kappa shape index (κ1) is 21.6. The maximum absolute atomic E-state index is 13.3. The van der Waals surface area contributed by atoms with Crippen LogP contribution in [0, 0.1) is 0 Å². The van der Waals surface area contributed by atoms with Crippen molar-refractivity contribution in [2.24, 2.45) is 0 Å². The number of carbonyl (C=O) groups is 1. The summed E-state index contributed by atoms with van der Waals surface area (Å²) < 4.78 is 25.9. The van der Waals surface area contributed by atoms with Crippen molar-refractivity contribution in [2.75, 3.05) is 4.31 Å².